The van der Waals surface area contributed by atoms with Crippen molar-refractivity contribution in [3.05, 3.63) is 59.4 Å². The minimum Gasteiger partial charge on any atom is -0.490 e. The van der Waals surface area contributed by atoms with Gasteiger partial charge in [0, 0.05) is 11.9 Å². The van der Waals surface area contributed by atoms with E-state index >= 15 is 0 Å². The Labute approximate surface area is 120 Å². The molecule has 0 saturated heterocycles. The number of nitrogens with one attached hydrogen (secondary N) is 1. The monoisotopic (exact) mass is 268 g/mol. The average Bonchev–Trinajstić information content (AvgIpc) is 3.27. The summed E-state index contributed by atoms with van der Waals surface area (Å²) in [6.07, 6.45) is 4.76. The molecule has 1 aliphatic rings. The number of hydrogen-bond acceptors (Lipinski definition) is 3. The zero-order valence-electron chi connectivity index (χ0n) is 12.0. The Kier molecular flexibility index (Phi) is 3.70. The highest BCUT2D eigenvalue weighted by atomic mass is 16.5. The van der Waals surface area contributed by atoms with Gasteiger partial charge < -0.3 is 10.1 Å². The van der Waals surface area contributed by atoms with Crippen molar-refractivity contribution in [1.82, 2.24) is 10.3 Å². The fourth-order valence-electron chi connectivity index (χ4n) is 2.29. The number of pyridine rings is 1. The summed E-state index contributed by atoms with van der Waals surface area (Å²) in [5.74, 6) is 0.966. The van der Waals surface area contributed by atoms with E-state index in [9.17, 15) is 0 Å². The molecule has 0 radical (unpaired) electrons. The third-order valence-corrected chi connectivity index (χ3v) is 3.60. The van der Waals surface area contributed by atoms with Crippen LogP contribution in [0.15, 0.2) is 42.6 Å². The van der Waals surface area contributed by atoms with Crippen molar-refractivity contribution in [3.8, 4) is 5.75 Å². The average molecular weight is 268 g/mol. The fraction of sp³-hybridized carbons (Fsp3) is 0.353. The SMILES string of the molecule is CNC(c1ccc(OC2CC2)cc1)c1ccc(C)nc1. The maximum Gasteiger partial charge on any atom is 0.119 e. The lowest BCUT2D eigenvalue weighted by Crippen LogP contribution is -2.17. The van der Waals surface area contributed by atoms with Crippen LogP contribution in [-0.2, 0) is 0 Å². The summed E-state index contributed by atoms with van der Waals surface area (Å²) < 4.78 is 5.78. The smallest absolute Gasteiger partial charge is 0.119 e. The summed E-state index contributed by atoms with van der Waals surface area (Å²) in [6, 6.07) is 12.7. The third-order valence-electron chi connectivity index (χ3n) is 3.60. The number of nitrogens with zero attached hydrogens (tertiary/aromatic N) is 1. The summed E-state index contributed by atoms with van der Waals surface area (Å²) in [5, 5.41) is 3.35. The highest BCUT2D eigenvalue weighted by Gasteiger charge is 2.23. The zero-order chi connectivity index (χ0) is 13.9. The largest absolute Gasteiger partial charge is 0.490 e. The molecule has 0 aliphatic heterocycles. The first-order valence-electron chi connectivity index (χ1n) is 7.12. The summed E-state index contributed by atoms with van der Waals surface area (Å²) >= 11 is 0. The Morgan fingerprint density at radius 2 is 1.80 bits per heavy atom. The van der Waals surface area contributed by atoms with Crippen LogP contribution in [-0.4, -0.2) is 18.1 Å². The first-order valence-corrected chi connectivity index (χ1v) is 7.12. The van der Waals surface area contributed by atoms with E-state index in [0.29, 0.717) is 6.10 Å². The van der Waals surface area contributed by atoms with Gasteiger partial charge in [-0.1, -0.05) is 18.2 Å². The second-order valence-corrected chi connectivity index (χ2v) is 5.34. The molecule has 1 N–H and O–H groups in total. The fourth-order valence-corrected chi connectivity index (χ4v) is 2.29. The maximum atomic E-state index is 5.78. The Bertz CT molecular complexity index is 559. The molecule has 3 heteroatoms. The van der Waals surface area contributed by atoms with Gasteiger partial charge in [-0.25, -0.2) is 0 Å². The Balaban J connectivity index is 1.79. The van der Waals surface area contributed by atoms with Crippen LogP contribution in [0.2, 0.25) is 0 Å². The molecule has 1 aromatic heterocycles. The molecule has 1 unspecified atom stereocenters. The van der Waals surface area contributed by atoms with Gasteiger partial charge in [0.1, 0.15) is 5.75 Å². The van der Waals surface area contributed by atoms with Crippen LogP contribution < -0.4 is 10.1 Å². The van der Waals surface area contributed by atoms with E-state index in [2.05, 4.69) is 40.6 Å². The van der Waals surface area contributed by atoms with Crippen LogP contribution in [0.3, 0.4) is 0 Å². The number of ether oxygens (including phenoxy) is 1. The van der Waals surface area contributed by atoms with E-state index in [1.165, 1.54) is 24.0 Å². The molecule has 1 heterocycles. The third kappa shape index (κ3) is 2.99. The van der Waals surface area contributed by atoms with E-state index in [4.69, 9.17) is 4.74 Å². The molecule has 1 aliphatic carbocycles. The molecule has 3 nitrogen and oxygen atoms in total. The molecular formula is C17H20N2O. The standard InChI is InChI=1S/C17H20N2O/c1-12-3-4-14(11-19-12)17(18-2)13-5-7-15(8-6-13)20-16-9-10-16/h3-8,11,16-18H,9-10H2,1-2H3. The Hall–Kier alpha value is -1.87. The van der Waals surface area contributed by atoms with Crippen molar-refractivity contribution in [2.75, 3.05) is 7.05 Å². The number of hydrogen-bond donors (Lipinski definition) is 1. The van der Waals surface area contributed by atoms with Crippen molar-refractivity contribution < 1.29 is 4.74 Å². The van der Waals surface area contributed by atoms with E-state index < -0.39 is 0 Å². The first kappa shape index (κ1) is 13.1. The van der Waals surface area contributed by atoms with Gasteiger partial charge in [0.2, 0.25) is 0 Å². The zero-order valence-corrected chi connectivity index (χ0v) is 12.0. The highest BCUT2D eigenvalue weighted by Crippen LogP contribution is 2.28. The lowest BCUT2D eigenvalue weighted by atomic mass is 10.00. The predicted molar refractivity (Wildman–Crippen MR) is 80.0 cm³/mol. The minimum absolute atomic E-state index is 0.165. The van der Waals surface area contributed by atoms with Crippen LogP contribution in [0.25, 0.3) is 0 Å². The van der Waals surface area contributed by atoms with Gasteiger partial charge in [-0.3, -0.25) is 4.98 Å². The van der Waals surface area contributed by atoms with Gasteiger partial charge in [0.05, 0.1) is 12.1 Å². The first-order chi connectivity index (χ1) is 9.76. The van der Waals surface area contributed by atoms with Crippen LogP contribution in [0.4, 0.5) is 0 Å². The van der Waals surface area contributed by atoms with Crippen molar-refractivity contribution in [2.24, 2.45) is 0 Å². The van der Waals surface area contributed by atoms with E-state index in [0.717, 1.165) is 11.4 Å². The van der Waals surface area contributed by atoms with Gasteiger partial charge in [0.25, 0.3) is 0 Å². The summed E-state index contributed by atoms with van der Waals surface area (Å²) in [5.41, 5.74) is 3.44. The molecule has 1 fully saturated rings. The maximum absolute atomic E-state index is 5.78. The number of aromatic nitrogens is 1. The molecule has 3 rings (SSSR count). The number of aryl methyl sites for hydroxylation is 1. The van der Waals surface area contributed by atoms with Gasteiger partial charge in [-0.05, 0) is 56.1 Å². The van der Waals surface area contributed by atoms with Crippen LogP contribution in [0, 0.1) is 6.92 Å². The summed E-state index contributed by atoms with van der Waals surface area (Å²) in [6.45, 7) is 2.00. The second-order valence-electron chi connectivity index (χ2n) is 5.34. The molecule has 0 amide bonds. The molecular weight excluding hydrogens is 248 g/mol. The predicted octanol–water partition coefficient (Wildman–Crippen LogP) is 3.24. The normalized spacial score (nSPS) is 15.9. The highest BCUT2D eigenvalue weighted by molar-refractivity contribution is 5.35. The van der Waals surface area contributed by atoms with Crippen molar-refractivity contribution >= 4 is 0 Å². The Morgan fingerprint density at radius 1 is 1.10 bits per heavy atom. The van der Waals surface area contributed by atoms with Crippen molar-refractivity contribution in [1.29, 1.82) is 0 Å². The van der Waals surface area contributed by atoms with Crippen LogP contribution in [0.5, 0.6) is 5.75 Å². The molecule has 20 heavy (non-hydrogen) atoms. The summed E-state index contributed by atoms with van der Waals surface area (Å²) in [4.78, 5) is 4.37. The summed E-state index contributed by atoms with van der Waals surface area (Å²) in [7, 11) is 1.97. The lowest BCUT2D eigenvalue weighted by molar-refractivity contribution is 0.303. The Morgan fingerprint density at radius 3 is 2.35 bits per heavy atom. The van der Waals surface area contributed by atoms with E-state index in [1.54, 1.807) is 0 Å². The van der Waals surface area contributed by atoms with Crippen molar-refractivity contribution in [3.63, 3.8) is 0 Å². The molecule has 1 aromatic carbocycles. The number of rotatable bonds is 5. The van der Waals surface area contributed by atoms with Crippen LogP contribution >= 0.6 is 0 Å². The quantitative estimate of drug-likeness (QED) is 0.904. The molecule has 0 spiro atoms. The minimum atomic E-state index is 0.165. The second kappa shape index (κ2) is 5.63. The molecule has 1 saturated carbocycles. The molecule has 2 aromatic rings. The lowest BCUT2D eigenvalue weighted by Gasteiger charge is -2.17. The van der Waals surface area contributed by atoms with Gasteiger partial charge in [-0.2, -0.15) is 0 Å². The number of benzene rings is 1. The van der Waals surface area contributed by atoms with Crippen molar-refractivity contribution in [2.45, 2.75) is 31.9 Å². The van der Waals surface area contributed by atoms with Crippen LogP contribution in [0.1, 0.15) is 35.7 Å². The molecule has 0 bridgehead atoms. The van der Waals surface area contributed by atoms with Gasteiger partial charge in [-0.15, -0.1) is 0 Å². The van der Waals surface area contributed by atoms with E-state index in [1.807, 2.05) is 26.2 Å². The molecule has 1 atom stereocenters. The topological polar surface area (TPSA) is 34.1 Å². The van der Waals surface area contributed by atoms with Gasteiger partial charge >= 0.3 is 0 Å². The van der Waals surface area contributed by atoms with Gasteiger partial charge in [0.15, 0.2) is 0 Å². The molecule has 104 valence electrons. The van der Waals surface area contributed by atoms with E-state index in [-0.39, 0.29) is 6.04 Å².